The Labute approximate surface area is 320 Å². The van der Waals surface area contributed by atoms with Crippen LogP contribution in [0, 0.1) is 0 Å². The van der Waals surface area contributed by atoms with E-state index in [4.69, 9.17) is 0 Å². The van der Waals surface area contributed by atoms with Crippen molar-refractivity contribution in [2.24, 2.45) is 0 Å². The van der Waals surface area contributed by atoms with Crippen molar-refractivity contribution >= 4 is 41.8 Å². The summed E-state index contributed by atoms with van der Waals surface area (Å²) in [6.07, 6.45) is 47.6. The van der Waals surface area contributed by atoms with E-state index in [1.807, 2.05) is 5.56 Å². The van der Waals surface area contributed by atoms with Crippen LogP contribution in [-0.4, -0.2) is 34.0 Å². The van der Waals surface area contributed by atoms with Gasteiger partial charge in [-0.2, -0.15) is 0 Å². The molecule has 7 rings (SSSR count). The third kappa shape index (κ3) is 8.63. The van der Waals surface area contributed by atoms with Gasteiger partial charge in [0.15, 0.2) is 5.40 Å². The summed E-state index contributed by atoms with van der Waals surface area (Å²) in [7, 11) is -2.65. The van der Waals surface area contributed by atoms with Crippen molar-refractivity contribution in [3.63, 3.8) is 0 Å². The van der Waals surface area contributed by atoms with Gasteiger partial charge in [0.05, 0.1) is 48.5 Å². The SMILES string of the molecule is [Br][Ru][Br].c1ccc(C([P+](C2CCCCC2)(C2CCCCC2)C2CCCCC2)[P+](C2CCCCC2)(C2CCCCC2)C2CCCCC2)cc1. The average Bonchev–Trinajstić information content (AvgIpc) is 3.18. The van der Waals surface area contributed by atoms with Crippen molar-refractivity contribution < 1.29 is 13.2 Å². The van der Waals surface area contributed by atoms with E-state index in [-0.39, 0.29) is 0 Å². The monoisotopic (exact) mass is 910 g/mol. The van der Waals surface area contributed by atoms with Crippen LogP contribution in [0.25, 0.3) is 0 Å². The molecule has 1 aromatic carbocycles. The zero-order chi connectivity index (χ0) is 33.1. The molecule has 274 valence electrons. The molecule has 0 radical (unpaired) electrons. The second-order valence-electron chi connectivity index (χ2n) is 17.4. The number of halogens is 2. The molecule has 0 saturated heterocycles. The number of hydrogen-bond donors (Lipinski definition) is 0. The summed E-state index contributed by atoms with van der Waals surface area (Å²) < 4.78 is 0. The van der Waals surface area contributed by atoms with Gasteiger partial charge in [-0.1, -0.05) is 68.9 Å². The molecule has 6 aliphatic carbocycles. The summed E-state index contributed by atoms with van der Waals surface area (Å²) >= 11 is 6.64. The van der Waals surface area contributed by atoms with Gasteiger partial charge in [0.1, 0.15) is 0 Å². The van der Waals surface area contributed by atoms with Gasteiger partial charge >= 0.3 is 40.5 Å². The molecule has 0 unspecified atom stereocenters. The second kappa shape index (κ2) is 20.4. The van der Waals surface area contributed by atoms with Crippen molar-refractivity contribution in [2.75, 3.05) is 0 Å². The molecule has 0 nitrogen and oxygen atoms in total. The van der Waals surface area contributed by atoms with Gasteiger partial charge in [0, 0.05) is 5.56 Å². The van der Waals surface area contributed by atoms with Gasteiger partial charge in [-0.3, -0.25) is 0 Å². The third-order valence-corrected chi connectivity index (χ3v) is 30.6. The molecule has 1 aromatic rings. The Morgan fingerprint density at radius 2 is 0.583 bits per heavy atom. The van der Waals surface area contributed by atoms with E-state index in [1.54, 1.807) is 154 Å². The van der Waals surface area contributed by atoms with Gasteiger partial charge in [0.2, 0.25) is 0 Å². The third-order valence-electron chi connectivity index (χ3n) is 15.2. The molecule has 0 aromatic heterocycles. The fraction of sp³-hybridized carbons (Fsp3) is 0.860. The number of hydrogen-bond acceptors (Lipinski definition) is 0. The smallest absolute Gasteiger partial charge is 0.0622 e. The van der Waals surface area contributed by atoms with Crippen molar-refractivity contribution in [2.45, 2.75) is 232 Å². The van der Waals surface area contributed by atoms with Crippen LogP contribution in [0.1, 0.15) is 204 Å². The van der Waals surface area contributed by atoms with E-state index >= 15 is 0 Å². The van der Waals surface area contributed by atoms with Crippen molar-refractivity contribution in [3.8, 4) is 0 Å². The predicted octanol–water partition coefficient (Wildman–Crippen LogP) is 16.4. The Hall–Kier alpha value is 1.66. The maximum Gasteiger partial charge on any atom is 0.194 e. The summed E-state index contributed by atoms with van der Waals surface area (Å²) in [5.74, 6) is 0. The molecule has 5 heteroatoms. The molecule has 6 fully saturated rings. The van der Waals surface area contributed by atoms with E-state index in [9.17, 15) is 0 Å². The molecule has 48 heavy (non-hydrogen) atoms. The molecule has 0 N–H and O–H groups in total. The summed E-state index contributed by atoms with van der Waals surface area (Å²) in [4.78, 5) is 0. The van der Waals surface area contributed by atoms with Gasteiger partial charge in [-0.05, 0) is 154 Å². The van der Waals surface area contributed by atoms with Crippen molar-refractivity contribution in [3.05, 3.63) is 35.9 Å². The first-order valence-corrected chi connectivity index (χ1v) is 33.5. The number of benzene rings is 1. The molecule has 0 heterocycles. The van der Waals surface area contributed by atoms with Crippen LogP contribution in [0.15, 0.2) is 30.3 Å². The molecule has 0 amide bonds. The maximum absolute atomic E-state index is 3.15. The molecule has 0 spiro atoms. The standard InChI is InChI=1S/C43H72P2.2BrH.Ru/c1-8-22-36(23-9-1)43(44(37-24-10-2-11-25-37,38-26-12-3-13-27-38)39-28-14-4-15-29-39)45(40-30-16-5-17-31-40,41-32-18-6-19-33-41)42-34-20-7-21-35-42;;;/h1,8-9,22-23,37-43H,2-7,10-21,24-35H2;2*1H;/q+2;;;+2/p-2. The second-order valence-corrected chi connectivity index (χ2v) is 34.8. The first-order valence-electron chi connectivity index (χ1n) is 21.4. The molecular formula is C43H72Br2P2Ru+2. The fourth-order valence-electron chi connectivity index (χ4n) is 13.6. The first-order chi connectivity index (χ1) is 23.8. The molecular weight excluding hydrogens is 839 g/mol. The predicted molar refractivity (Wildman–Crippen MR) is 222 cm³/mol. The van der Waals surface area contributed by atoms with Gasteiger partial charge in [-0.25, -0.2) is 0 Å². The van der Waals surface area contributed by atoms with E-state index < -0.39 is 14.5 Å². The van der Waals surface area contributed by atoms with E-state index in [2.05, 4.69) is 57.6 Å². The Kier molecular flexibility index (Phi) is 16.7. The van der Waals surface area contributed by atoms with Crippen LogP contribution < -0.4 is 0 Å². The van der Waals surface area contributed by atoms with E-state index in [0.717, 1.165) is 39.4 Å². The van der Waals surface area contributed by atoms with E-state index in [1.165, 1.54) is 38.5 Å². The van der Waals surface area contributed by atoms with Crippen LogP contribution in [-0.2, 0) is 13.2 Å². The Morgan fingerprint density at radius 3 is 0.792 bits per heavy atom. The minimum absolute atomic E-state index is 0.335. The molecule has 6 aliphatic rings. The Morgan fingerprint density at radius 1 is 0.375 bits per heavy atom. The maximum atomic E-state index is 3.15. The molecule has 0 atom stereocenters. The minimum Gasteiger partial charge on any atom is -0.0622 e. The minimum atomic E-state index is -1.33. The fourth-order valence-corrected chi connectivity index (χ4v) is 34.7. The summed E-state index contributed by atoms with van der Waals surface area (Å²) in [5.41, 5.74) is 8.62. The summed E-state index contributed by atoms with van der Waals surface area (Å²) in [6, 6.07) is 13.1. The van der Waals surface area contributed by atoms with Crippen molar-refractivity contribution in [1.82, 2.24) is 0 Å². The first kappa shape index (κ1) is 39.4. The van der Waals surface area contributed by atoms with Crippen LogP contribution in [0.4, 0.5) is 0 Å². The zero-order valence-corrected chi connectivity index (χ0v) is 37.3. The number of rotatable bonds is 9. The van der Waals surface area contributed by atoms with Gasteiger partial charge in [-0.15, -0.1) is 0 Å². The van der Waals surface area contributed by atoms with E-state index in [0.29, 0.717) is 13.2 Å². The Bertz CT molecular complexity index is 863. The van der Waals surface area contributed by atoms with Crippen LogP contribution in [0.3, 0.4) is 0 Å². The normalized spacial score (nSPS) is 26.0. The van der Waals surface area contributed by atoms with Gasteiger partial charge < -0.3 is 0 Å². The molecule has 0 bridgehead atoms. The van der Waals surface area contributed by atoms with Crippen LogP contribution >= 0.6 is 41.8 Å². The molecule has 0 aliphatic heterocycles. The largest absolute Gasteiger partial charge is 0.194 e. The van der Waals surface area contributed by atoms with Crippen LogP contribution in [0.2, 0.25) is 0 Å². The molecule has 6 saturated carbocycles. The average molecular weight is 912 g/mol. The quantitative estimate of drug-likeness (QED) is 0.171. The summed E-state index contributed by atoms with van der Waals surface area (Å²) in [6.45, 7) is 0. The zero-order valence-electron chi connectivity index (χ0n) is 30.6. The Balaban J connectivity index is 0.00000129. The summed E-state index contributed by atoms with van der Waals surface area (Å²) in [5, 5.41) is 1.02. The topological polar surface area (TPSA) is 0 Å². The van der Waals surface area contributed by atoms with Crippen LogP contribution in [0.5, 0.6) is 0 Å². The van der Waals surface area contributed by atoms with Gasteiger partial charge in [0.25, 0.3) is 0 Å². The van der Waals surface area contributed by atoms with Crippen molar-refractivity contribution in [1.29, 1.82) is 0 Å².